The molecular weight excluding hydrogens is 250 g/mol. The summed E-state index contributed by atoms with van der Waals surface area (Å²) < 4.78 is 0. The first kappa shape index (κ1) is 14.7. The lowest BCUT2D eigenvalue weighted by atomic mass is 10.1. The highest BCUT2D eigenvalue weighted by Gasteiger charge is 2.13. The van der Waals surface area contributed by atoms with Crippen LogP contribution in [0, 0.1) is 6.92 Å². The number of aliphatic hydroxyl groups is 1. The molecule has 2 aromatic rings. The highest BCUT2D eigenvalue weighted by Crippen LogP contribution is 2.18. The van der Waals surface area contributed by atoms with Crippen molar-refractivity contribution in [2.24, 2.45) is 0 Å². The van der Waals surface area contributed by atoms with E-state index in [-0.39, 0.29) is 18.8 Å². The zero-order valence-corrected chi connectivity index (χ0v) is 11.9. The normalized spacial score (nSPS) is 13.9. The molecular formula is C17H21NO2. The average molecular weight is 271 g/mol. The molecule has 0 aliphatic carbocycles. The van der Waals surface area contributed by atoms with Crippen LogP contribution < -0.4 is 5.48 Å². The van der Waals surface area contributed by atoms with Gasteiger partial charge in [-0.05, 0) is 25.0 Å². The monoisotopic (exact) mass is 271 g/mol. The van der Waals surface area contributed by atoms with Gasteiger partial charge >= 0.3 is 0 Å². The summed E-state index contributed by atoms with van der Waals surface area (Å²) in [6.45, 7) is 4.04. The summed E-state index contributed by atoms with van der Waals surface area (Å²) in [6.07, 6.45) is -0.357. The van der Waals surface area contributed by atoms with E-state index in [2.05, 4.69) is 36.7 Å². The molecule has 0 saturated carbocycles. The minimum Gasteiger partial charge on any atom is -0.393 e. The molecule has 2 atom stereocenters. The molecule has 3 nitrogen and oxygen atoms in total. The maximum Gasteiger partial charge on any atom is 0.127 e. The maximum absolute atomic E-state index is 9.43. The smallest absolute Gasteiger partial charge is 0.127 e. The highest BCUT2D eigenvalue weighted by molar-refractivity contribution is 5.23. The summed E-state index contributed by atoms with van der Waals surface area (Å²) in [5, 5.41) is 9.43. The Bertz CT molecular complexity index is 510. The third kappa shape index (κ3) is 3.90. The Balaban J connectivity index is 1.94. The van der Waals surface area contributed by atoms with Crippen LogP contribution in [0.4, 0.5) is 0 Å². The fraction of sp³-hybridized carbons (Fsp3) is 0.294. The molecule has 0 unspecified atom stereocenters. The van der Waals surface area contributed by atoms with Crippen LogP contribution in [0.5, 0.6) is 0 Å². The van der Waals surface area contributed by atoms with Crippen molar-refractivity contribution < 1.29 is 9.94 Å². The molecule has 3 heteroatoms. The van der Waals surface area contributed by atoms with Gasteiger partial charge in [0.25, 0.3) is 0 Å². The van der Waals surface area contributed by atoms with Crippen LogP contribution in [0.15, 0.2) is 54.6 Å². The largest absolute Gasteiger partial charge is 0.393 e. The van der Waals surface area contributed by atoms with Crippen LogP contribution in [0.25, 0.3) is 0 Å². The molecule has 0 aromatic heterocycles. The molecule has 20 heavy (non-hydrogen) atoms. The number of benzene rings is 2. The molecule has 0 radical (unpaired) electrons. The van der Waals surface area contributed by atoms with Crippen molar-refractivity contribution >= 4 is 0 Å². The second-order valence-electron chi connectivity index (χ2n) is 4.95. The number of hydrogen-bond acceptors (Lipinski definition) is 3. The van der Waals surface area contributed by atoms with Crippen LogP contribution in [0.3, 0.4) is 0 Å². The Hall–Kier alpha value is -1.68. The van der Waals surface area contributed by atoms with Crippen LogP contribution in [0.2, 0.25) is 0 Å². The maximum atomic E-state index is 9.43. The van der Waals surface area contributed by atoms with Gasteiger partial charge in [-0.15, -0.1) is 0 Å². The topological polar surface area (TPSA) is 41.5 Å². The van der Waals surface area contributed by atoms with Crippen molar-refractivity contribution in [3.63, 3.8) is 0 Å². The second-order valence-corrected chi connectivity index (χ2v) is 4.95. The van der Waals surface area contributed by atoms with Crippen LogP contribution in [0.1, 0.15) is 35.8 Å². The second kappa shape index (κ2) is 7.20. The standard InChI is InChI=1S/C17H21NO2/c1-13-8-10-15(11-9-13)14(2)18-20-17(12-19)16-6-4-3-5-7-16/h3-11,14,17-19H,12H2,1-2H3/t14-,17-/m1/s1. The summed E-state index contributed by atoms with van der Waals surface area (Å²) >= 11 is 0. The molecule has 2 rings (SSSR count). The Morgan fingerprint density at radius 1 is 1.00 bits per heavy atom. The van der Waals surface area contributed by atoms with Gasteiger partial charge in [0, 0.05) is 0 Å². The third-order valence-electron chi connectivity index (χ3n) is 3.30. The third-order valence-corrected chi connectivity index (χ3v) is 3.30. The summed E-state index contributed by atoms with van der Waals surface area (Å²) in [7, 11) is 0. The van der Waals surface area contributed by atoms with Crippen molar-refractivity contribution in [2.75, 3.05) is 6.61 Å². The zero-order chi connectivity index (χ0) is 14.4. The van der Waals surface area contributed by atoms with Crippen molar-refractivity contribution in [2.45, 2.75) is 26.0 Å². The lowest BCUT2D eigenvalue weighted by Crippen LogP contribution is -2.24. The molecule has 0 spiro atoms. The highest BCUT2D eigenvalue weighted by atomic mass is 16.7. The van der Waals surface area contributed by atoms with E-state index in [0.717, 1.165) is 11.1 Å². The van der Waals surface area contributed by atoms with E-state index in [4.69, 9.17) is 4.84 Å². The van der Waals surface area contributed by atoms with E-state index in [1.807, 2.05) is 37.3 Å². The Labute approximate surface area is 120 Å². The van der Waals surface area contributed by atoms with E-state index in [1.54, 1.807) is 0 Å². The zero-order valence-electron chi connectivity index (χ0n) is 11.9. The minimum atomic E-state index is -0.357. The average Bonchev–Trinajstić information content (AvgIpc) is 2.49. The molecule has 0 saturated heterocycles. The summed E-state index contributed by atoms with van der Waals surface area (Å²) in [6, 6.07) is 18.1. The fourth-order valence-electron chi connectivity index (χ4n) is 1.99. The van der Waals surface area contributed by atoms with Gasteiger partial charge in [0.1, 0.15) is 6.10 Å². The summed E-state index contributed by atoms with van der Waals surface area (Å²) in [4.78, 5) is 5.62. The first-order valence-electron chi connectivity index (χ1n) is 6.84. The SMILES string of the molecule is Cc1ccc([C@@H](C)NO[C@H](CO)c2ccccc2)cc1. The van der Waals surface area contributed by atoms with Gasteiger partial charge in [-0.25, -0.2) is 0 Å². The van der Waals surface area contributed by atoms with Gasteiger partial charge in [-0.2, -0.15) is 5.48 Å². The van der Waals surface area contributed by atoms with Crippen molar-refractivity contribution in [3.8, 4) is 0 Å². The lowest BCUT2D eigenvalue weighted by molar-refractivity contribution is -0.0668. The van der Waals surface area contributed by atoms with Gasteiger partial charge < -0.3 is 5.11 Å². The van der Waals surface area contributed by atoms with E-state index in [1.165, 1.54) is 5.56 Å². The van der Waals surface area contributed by atoms with E-state index >= 15 is 0 Å². The van der Waals surface area contributed by atoms with E-state index < -0.39 is 0 Å². The molecule has 0 bridgehead atoms. The quantitative estimate of drug-likeness (QED) is 0.792. The van der Waals surface area contributed by atoms with Gasteiger partial charge in [-0.3, -0.25) is 4.84 Å². The number of hydrogen-bond donors (Lipinski definition) is 2. The summed E-state index contributed by atoms with van der Waals surface area (Å²) in [5.74, 6) is 0. The van der Waals surface area contributed by atoms with Gasteiger partial charge in [-0.1, -0.05) is 60.2 Å². The number of aryl methyl sites for hydroxylation is 1. The lowest BCUT2D eigenvalue weighted by Gasteiger charge is -2.20. The first-order chi connectivity index (χ1) is 9.70. The van der Waals surface area contributed by atoms with Gasteiger partial charge in [0.15, 0.2) is 0 Å². The van der Waals surface area contributed by atoms with E-state index in [9.17, 15) is 5.11 Å². The molecule has 0 heterocycles. The van der Waals surface area contributed by atoms with E-state index in [0.29, 0.717) is 0 Å². The summed E-state index contributed by atoms with van der Waals surface area (Å²) in [5.41, 5.74) is 6.35. The predicted molar refractivity (Wildman–Crippen MR) is 80.1 cm³/mol. The Morgan fingerprint density at radius 3 is 2.25 bits per heavy atom. The van der Waals surface area contributed by atoms with Gasteiger partial charge in [0.2, 0.25) is 0 Å². The molecule has 0 aliphatic rings. The number of aliphatic hydroxyl groups excluding tert-OH is 1. The molecule has 0 amide bonds. The van der Waals surface area contributed by atoms with Crippen LogP contribution in [-0.2, 0) is 4.84 Å². The molecule has 106 valence electrons. The minimum absolute atomic E-state index is 0.0579. The fourth-order valence-corrected chi connectivity index (χ4v) is 1.99. The van der Waals surface area contributed by atoms with Gasteiger partial charge in [0.05, 0.1) is 12.6 Å². The number of rotatable bonds is 6. The van der Waals surface area contributed by atoms with Crippen molar-refractivity contribution in [3.05, 3.63) is 71.3 Å². The van der Waals surface area contributed by atoms with Crippen LogP contribution in [-0.4, -0.2) is 11.7 Å². The molecule has 0 fully saturated rings. The Morgan fingerprint density at radius 2 is 1.65 bits per heavy atom. The number of nitrogens with one attached hydrogen (secondary N) is 1. The van der Waals surface area contributed by atoms with Crippen LogP contribution >= 0.6 is 0 Å². The first-order valence-corrected chi connectivity index (χ1v) is 6.84. The molecule has 2 aromatic carbocycles. The molecule has 0 aliphatic heterocycles. The molecule has 2 N–H and O–H groups in total. The number of hydroxylamine groups is 1. The predicted octanol–water partition coefficient (Wildman–Crippen LogP) is 3.31. The van der Waals surface area contributed by atoms with Crippen molar-refractivity contribution in [1.29, 1.82) is 0 Å². The van der Waals surface area contributed by atoms with Crippen molar-refractivity contribution in [1.82, 2.24) is 5.48 Å². The Kier molecular flexibility index (Phi) is 5.30.